The Labute approximate surface area is 154 Å². The van der Waals surface area contributed by atoms with Gasteiger partial charge in [-0.1, -0.05) is 18.2 Å². The first-order chi connectivity index (χ1) is 12.5. The predicted molar refractivity (Wildman–Crippen MR) is 101 cm³/mol. The molecule has 26 heavy (non-hydrogen) atoms. The lowest BCUT2D eigenvalue weighted by molar-refractivity contribution is -0.120. The molecule has 0 aliphatic carbocycles. The highest BCUT2D eigenvalue weighted by Gasteiger charge is 2.25. The van der Waals surface area contributed by atoms with E-state index in [9.17, 15) is 9.59 Å². The molecular weight excluding hydrogens is 328 g/mol. The van der Waals surface area contributed by atoms with Crippen LogP contribution in [0.4, 0.5) is 0 Å². The summed E-state index contributed by atoms with van der Waals surface area (Å²) < 4.78 is 5.27. The maximum Gasteiger partial charge on any atom is 0.254 e. The Morgan fingerprint density at radius 1 is 1.23 bits per heavy atom. The van der Waals surface area contributed by atoms with Crippen LogP contribution in [0.1, 0.15) is 29.3 Å². The number of amides is 2. The predicted octanol–water partition coefficient (Wildman–Crippen LogP) is 3.02. The van der Waals surface area contributed by atoms with Crippen LogP contribution in [0.15, 0.2) is 42.5 Å². The SMILES string of the molecule is COc1ccc(-c2cccc(C(=O)N3CCC(=O)NC[C@@H]3C)c2)c(C)c1. The fourth-order valence-electron chi connectivity index (χ4n) is 3.28. The van der Waals surface area contributed by atoms with E-state index in [-0.39, 0.29) is 17.9 Å². The molecule has 1 fully saturated rings. The Balaban J connectivity index is 1.89. The van der Waals surface area contributed by atoms with E-state index in [0.29, 0.717) is 25.1 Å². The van der Waals surface area contributed by atoms with Crippen LogP contribution < -0.4 is 10.1 Å². The zero-order chi connectivity index (χ0) is 18.7. The number of carbonyl (C=O) groups excluding carboxylic acids is 2. The molecular formula is C21H24N2O3. The summed E-state index contributed by atoms with van der Waals surface area (Å²) in [4.78, 5) is 26.4. The smallest absolute Gasteiger partial charge is 0.254 e. The number of hydrogen-bond acceptors (Lipinski definition) is 3. The van der Waals surface area contributed by atoms with Crippen LogP contribution in [0.5, 0.6) is 5.75 Å². The molecule has 1 heterocycles. The van der Waals surface area contributed by atoms with Crippen molar-refractivity contribution in [2.24, 2.45) is 0 Å². The first kappa shape index (κ1) is 18.0. The average molecular weight is 352 g/mol. The summed E-state index contributed by atoms with van der Waals surface area (Å²) in [5.41, 5.74) is 3.79. The van der Waals surface area contributed by atoms with Gasteiger partial charge in [-0.05, 0) is 54.8 Å². The summed E-state index contributed by atoms with van der Waals surface area (Å²) in [7, 11) is 1.65. The van der Waals surface area contributed by atoms with E-state index < -0.39 is 0 Å². The van der Waals surface area contributed by atoms with Crippen LogP contribution >= 0.6 is 0 Å². The van der Waals surface area contributed by atoms with E-state index in [4.69, 9.17) is 4.74 Å². The molecule has 5 heteroatoms. The summed E-state index contributed by atoms with van der Waals surface area (Å²) in [6.07, 6.45) is 0.341. The number of methoxy groups -OCH3 is 1. The molecule has 2 aromatic rings. The van der Waals surface area contributed by atoms with Gasteiger partial charge in [0.05, 0.1) is 7.11 Å². The van der Waals surface area contributed by atoms with E-state index in [1.165, 1.54) is 0 Å². The van der Waals surface area contributed by atoms with Gasteiger partial charge in [0.25, 0.3) is 5.91 Å². The molecule has 0 unspecified atom stereocenters. The molecule has 2 aromatic carbocycles. The van der Waals surface area contributed by atoms with Gasteiger partial charge in [0, 0.05) is 31.1 Å². The van der Waals surface area contributed by atoms with E-state index in [0.717, 1.165) is 22.4 Å². The molecule has 2 amide bonds. The molecule has 0 radical (unpaired) electrons. The lowest BCUT2D eigenvalue weighted by Crippen LogP contribution is -2.41. The standard InChI is InChI=1S/C21H24N2O3/c1-14-11-18(26-3)7-8-19(14)16-5-4-6-17(12-16)21(25)23-10-9-20(24)22-13-15(23)2/h4-8,11-12,15H,9-10,13H2,1-3H3,(H,22,24)/t15-/m0/s1. The van der Waals surface area contributed by atoms with Gasteiger partial charge in [-0.25, -0.2) is 0 Å². The van der Waals surface area contributed by atoms with Crippen molar-refractivity contribution in [3.05, 3.63) is 53.6 Å². The van der Waals surface area contributed by atoms with Gasteiger partial charge in [0.1, 0.15) is 5.75 Å². The third kappa shape index (κ3) is 3.72. The van der Waals surface area contributed by atoms with Gasteiger partial charge >= 0.3 is 0 Å². The summed E-state index contributed by atoms with van der Waals surface area (Å²) in [6, 6.07) is 13.5. The van der Waals surface area contributed by atoms with E-state index >= 15 is 0 Å². The Morgan fingerprint density at radius 3 is 2.77 bits per heavy atom. The Morgan fingerprint density at radius 2 is 2.04 bits per heavy atom. The first-order valence-electron chi connectivity index (χ1n) is 8.82. The van der Waals surface area contributed by atoms with Crippen LogP contribution in [0.2, 0.25) is 0 Å². The van der Waals surface area contributed by atoms with Gasteiger partial charge in [0.15, 0.2) is 0 Å². The van der Waals surface area contributed by atoms with Crippen molar-refractivity contribution in [1.82, 2.24) is 10.2 Å². The minimum atomic E-state index is -0.0398. The quantitative estimate of drug-likeness (QED) is 0.924. The summed E-state index contributed by atoms with van der Waals surface area (Å²) in [6.45, 7) is 4.92. The molecule has 5 nitrogen and oxygen atoms in total. The number of benzene rings is 2. The van der Waals surface area contributed by atoms with Crippen molar-refractivity contribution in [1.29, 1.82) is 0 Å². The molecule has 1 aliphatic heterocycles. The molecule has 1 N–H and O–H groups in total. The summed E-state index contributed by atoms with van der Waals surface area (Å²) >= 11 is 0. The fourth-order valence-corrected chi connectivity index (χ4v) is 3.28. The van der Waals surface area contributed by atoms with Gasteiger partial charge in [-0.2, -0.15) is 0 Å². The molecule has 1 aliphatic rings. The van der Waals surface area contributed by atoms with E-state index in [1.807, 2.05) is 56.3 Å². The average Bonchev–Trinajstić information content (AvgIpc) is 2.82. The molecule has 0 bridgehead atoms. The summed E-state index contributed by atoms with van der Waals surface area (Å²) in [5, 5.41) is 2.84. The third-order valence-electron chi connectivity index (χ3n) is 4.82. The fraction of sp³-hybridized carbons (Fsp3) is 0.333. The van der Waals surface area contributed by atoms with E-state index in [1.54, 1.807) is 12.0 Å². The molecule has 0 spiro atoms. The number of rotatable bonds is 3. The van der Waals surface area contributed by atoms with Crippen LogP contribution in [-0.2, 0) is 4.79 Å². The van der Waals surface area contributed by atoms with Gasteiger partial charge < -0.3 is 15.0 Å². The van der Waals surface area contributed by atoms with Crippen molar-refractivity contribution in [3.63, 3.8) is 0 Å². The number of hydrogen-bond donors (Lipinski definition) is 1. The van der Waals surface area contributed by atoms with Crippen LogP contribution in [0.3, 0.4) is 0 Å². The highest BCUT2D eigenvalue weighted by atomic mass is 16.5. The topological polar surface area (TPSA) is 58.6 Å². The minimum absolute atomic E-state index is 0.00485. The molecule has 0 aromatic heterocycles. The second-order valence-corrected chi connectivity index (χ2v) is 6.66. The van der Waals surface area contributed by atoms with Crippen LogP contribution in [0.25, 0.3) is 11.1 Å². The highest BCUT2D eigenvalue weighted by Crippen LogP contribution is 2.28. The number of aryl methyl sites for hydroxylation is 1. The monoisotopic (exact) mass is 352 g/mol. The van der Waals surface area contributed by atoms with Crippen molar-refractivity contribution in [2.45, 2.75) is 26.3 Å². The largest absolute Gasteiger partial charge is 0.497 e. The maximum atomic E-state index is 13.0. The third-order valence-corrected chi connectivity index (χ3v) is 4.82. The second-order valence-electron chi connectivity index (χ2n) is 6.66. The number of nitrogens with one attached hydrogen (secondary N) is 1. The number of nitrogens with zero attached hydrogens (tertiary/aromatic N) is 1. The molecule has 3 rings (SSSR count). The zero-order valence-corrected chi connectivity index (χ0v) is 15.4. The number of carbonyl (C=O) groups is 2. The lowest BCUT2D eigenvalue weighted by atomic mass is 9.98. The first-order valence-corrected chi connectivity index (χ1v) is 8.82. The Hall–Kier alpha value is -2.82. The Bertz CT molecular complexity index is 832. The molecule has 1 saturated heterocycles. The maximum absolute atomic E-state index is 13.0. The highest BCUT2D eigenvalue weighted by molar-refractivity contribution is 5.96. The molecule has 136 valence electrons. The van der Waals surface area contributed by atoms with Gasteiger partial charge in [-0.3, -0.25) is 9.59 Å². The molecule has 1 atom stereocenters. The van der Waals surface area contributed by atoms with Crippen molar-refractivity contribution in [2.75, 3.05) is 20.2 Å². The minimum Gasteiger partial charge on any atom is -0.497 e. The normalized spacial score (nSPS) is 17.4. The lowest BCUT2D eigenvalue weighted by Gasteiger charge is -2.26. The van der Waals surface area contributed by atoms with Gasteiger partial charge in [-0.15, -0.1) is 0 Å². The number of ether oxygens (including phenoxy) is 1. The van der Waals surface area contributed by atoms with Crippen LogP contribution in [0, 0.1) is 6.92 Å². The zero-order valence-electron chi connectivity index (χ0n) is 15.4. The Kier molecular flexibility index (Phi) is 5.26. The van der Waals surface area contributed by atoms with Crippen molar-refractivity contribution < 1.29 is 14.3 Å². The summed E-state index contributed by atoms with van der Waals surface area (Å²) in [5.74, 6) is 0.769. The van der Waals surface area contributed by atoms with Crippen molar-refractivity contribution in [3.8, 4) is 16.9 Å². The second kappa shape index (κ2) is 7.60. The van der Waals surface area contributed by atoms with Crippen LogP contribution in [-0.4, -0.2) is 43.0 Å². The van der Waals surface area contributed by atoms with E-state index in [2.05, 4.69) is 5.32 Å². The van der Waals surface area contributed by atoms with Crippen molar-refractivity contribution >= 4 is 11.8 Å². The molecule has 0 saturated carbocycles. The van der Waals surface area contributed by atoms with Gasteiger partial charge in [0.2, 0.25) is 5.91 Å².